The van der Waals surface area contributed by atoms with E-state index in [0.717, 1.165) is 0 Å². The smallest absolute Gasteiger partial charge is 0.267 e. The van der Waals surface area contributed by atoms with Crippen LogP contribution in [0.3, 0.4) is 0 Å². The minimum Gasteiger partial charge on any atom is -0.394 e. The summed E-state index contributed by atoms with van der Waals surface area (Å²) < 4.78 is 32.7. The molecule has 0 aliphatic rings. The van der Waals surface area contributed by atoms with Crippen molar-refractivity contribution in [3.05, 3.63) is 0 Å². The molecule has 11 heavy (non-hydrogen) atoms. The average Bonchev–Trinajstić information content (AvgIpc) is 1.78. The molecule has 1 radical (unpaired) electrons. The topological polar surface area (TPSA) is 83.8 Å². The molecule has 7 heteroatoms. The zero-order valence-electron chi connectivity index (χ0n) is 6.36. The first kappa shape index (κ1) is 14.4. The van der Waals surface area contributed by atoms with Crippen molar-refractivity contribution < 1.29 is 22.8 Å². The van der Waals surface area contributed by atoms with Crippen molar-refractivity contribution in [2.24, 2.45) is 0 Å². The van der Waals surface area contributed by atoms with Crippen LogP contribution in [0.2, 0.25) is 0 Å². The standard InChI is InChI=1S/C4H10O5S.Na/c5-1-2-9-3-4-10(6,7)8;/h5H,1-4H2,(H,6,7,8);. The monoisotopic (exact) mass is 193 g/mol. The van der Waals surface area contributed by atoms with Gasteiger partial charge >= 0.3 is 0 Å². The Bertz CT molecular complexity index is 165. The summed E-state index contributed by atoms with van der Waals surface area (Å²) in [7, 11) is -3.91. The van der Waals surface area contributed by atoms with Crippen molar-refractivity contribution in [1.29, 1.82) is 0 Å². The van der Waals surface area contributed by atoms with E-state index in [4.69, 9.17) is 9.66 Å². The van der Waals surface area contributed by atoms with Crippen LogP contribution in [0.25, 0.3) is 0 Å². The third-order valence-electron chi connectivity index (χ3n) is 0.721. The van der Waals surface area contributed by atoms with Crippen LogP contribution in [0.15, 0.2) is 0 Å². The van der Waals surface area contributed by atoms with E-state index in [1.54, 1.807) is 0 Å². The Morgan fingerprint density at radius 3 is 2.18 bits per heavy atom. The summed E-state index contributed by atoms with van der Waals surface area (Å²) in [5.41, 5.74) is 0. The van der Waals surface area contributed by atoms with Gasteiger partial charge in [-0.25, -0.2) is 0 Å². The normalized spacial score (nSPS) is 10.7. The van der Waals surface area contributed by atoms with Crippen molar-refractivity contribution in [1.82, 2.24) is 0 Å². The molecule has 5 nitrogen and oxygen atoms in total. The molecule has 0 aliphatic heterocycles. The summed E-state index contributed by atoms with van der Waals surface area (Å²) in [5.74, 6) is -0.424. The molecule has 0 atom stereocenters. The van der Waals surface area contributed by atoms with E-state index < -0.39 is 15.9 Å². The van der Waals surface area contributed by atoms with Crippen LogP contribution >= 0.6 is 0 Å². The summed E-state index contributed by atoms with van der Waals surface area (Å²) in [6.07, 6.45) is 0. The second-order valence-corrected chi connectivity index (χ2v) is 3.19. The molecule has 0 amide bonds. The fraction of sp³-hybridized carbons (Fsp3) is 1.00. The Balaban J connectivity index is 0. The first-order chi connectivity index (χ1) is 4.56. The van der Waals surface area contributed by atoms with Crippen molar-refractivity contribution in [3.8, 4) is 0 Å². The molecule has 0 spiro atoms. The third kappa shape index (κ3) is 13.8. The summed E-state index contributed by atoms with van der Waals surface area (Å²) in [6.45, 7) is -0.139. The Morgan fingerprint density at radius 1 is 1.27 bits per heavy atom. The fourth-order valence-electron chi connectivity index (χ4n) is 0.331. The summed E-state index contributed by atoms with van der Waals surface area (Å²) in [4.78, 5) is 0. The largest absolute Gasteiger partial charge is 0.394 e. The number of aliphatic hydroxyl groups excluding tert-OH is 1. The number of hydrogen-bond donors (Lipinski definition) is 2. The Morgan fingerprint density at radius 2 is 1.82 bits per heavy atom. The van der Waals surface area contributed by atoms with E-state index in [-0.39, 0.29) is 49.4 Å². The fourth-order valence-corrected chi connectivity index (χ4v) is 0.659. The predicted molar refractivity (Wildman–Crippen MR) is 40.1 cm³/mol. The molecular weight excluding hydrogens is 183 g/mol. The van der Waals surface area contributed by atoms with E-state index in [9.17, 15) is 8.42 Å². The van der Waals surface area contributed by atoms with Gasteiger partial charge in [-0.2, -0.15) is 8.42 Å². The second kappa shape index (κ2) is 7.48. The van der Waals surface area contributed by atoms with Gasteiger partial charge in [0.1, 0.15) is 0 Å². The quantitative estimate of drug-likeness (QED) is 0.315. The maximum Gasteiger partial charge on any atom is 0.267 e. The first-order valence-corrected chi connectivity index (χ1v) is 4.31. The average molecular weight is 193 g/mol. The van der Waals surface area contributed by atoms with Gasteiger partial charge in [0.05, 0.1) is 25.6 Å². The molecule has 0 aromatic rings. The van der Waals surface area contributed by atoms with E-state index in [2.05, 4.69) is 4.74 Å². The van der Waals surface area contributed by atoms with Gasteiger partial charge in [-0.15, -0.1) is 0 Å². The van der Waals surface area contributed by atoms with Gasteiger partial charge in [0.15, 0.2) is 0 Å². The second-order valence-electron chi connectivity index (χ2n) is 1.62. The molecule has 0 fully saturated rings. The van der Waals surface area contributed by atoms with Crippen LogP contribution in [0.1, 0.15) is 0 Å². The van der Waals surface area contributed by atoms with Crippen molar-refractivity contribution in [3.63, 3.8) is 0 Å². The van der Waals surface area contributed by atoms with Gasteiger partial charge in [0, 0.05) is 29.6 Å². The van der Waals surface area contributed by atoms with Crippen LogP contribution in [-0.4, -0.2) is 73.2 Å². The summed E-state index contributed by atoms with van der Waals surface area (Å²) in [5, 5.41) is 8.16. The first-order valence-electron chi connectivity index (χ1n) is 2.70. The van der Waals surface area contributed by atoms with Gasteiger partial charge in [0.25, 0.3) is 10.1 Å². The molecule has 2 N–H and O–H groups in total. The third-order valence-corrected chi connectivity index (χ3v) is 1.40. The molecule has 63 valence electrons. The Labute approximate surface area is 87.8 Å². The molecule has 0 bridgehead atoms. The number of rotatable bonds is 5. The number of aliphatic hydroxyl groups is 1. The van der Waals surface area contributed by atoms with Gasteiger partial charge in [0.2, 0.25) is 0 Å². The predicted octanol–water partition coefficient (Wildman–Crippen LogP) is -1.50. The van der Waals surface area contributed by atoms with Crippen LogP contribution in [-0.2, 0) is 14.9 Å². The van der Waals surface area contributed by atoms with Crippen molar-refractivity contribution >= 4 is 39.7 Å². The van der Waals surface area contributed by atoms with Crippen molar-refractivity contribution in [2.75, 3.05) is 25.6 Å². The molecule has 0 saturated carbocycles. The van der Waals surface area contributed by atoms with Gasteiger partial charge in [-0.05, 0) is 0 Å². The zero-order valence-corrected chi connectivity index (χ0v) is 9.17. The zero-order chi connectivity index (χ0) is 8.04. The van der Waals surface area contributed by atoms with Crippen LogP contribution in [0.4, 0.5) is 0 Å². The van der Waals surface area contributed by atoms with E-state index in [0.29, 0.717) is 0 Å². The molecule has 0 unspecified atom stereocenters. The van der Waals surface area contributed by atoms with Crippen LogP contribution in [0, 0.1) is 0 Å². The van der Waals surface area contributed by atoms with Gasteiger partial charge in [-0.1, -0.05) is 0 Å². The summed E-state index contributed by atoms with van der Waals surface area (Å²) in [6, 6.07) is 0. The molecule has 0 aliphatic carbocycles. The maximum atomic E-state index is 10.0. The minimum absolute atomic E-state index is 0. The SMILES string of the molecule is O=S(=O)(O)CCOCCO.[Na]. The molecule has 0 aromatic carbocycles. The molecule has 0 aromatic heterocycles. The molecular formula is C4H10NaO5S. The van der Waals surface area contributed by atoms with Gasteiger partial charge < -0.3 is 9.84 Å². The molecule has 0 heterocycles. The van der Waals surface area contributed by atoms with E-state index in [1.165, 1.54) is 0 Å². The van der Waals surface area contributed by atoms with E-state index >= 15 is 0 Å². The maximum absolute atomic E-state index is 10.0. The Hall–Kier alpha value is 0.830. The minimum atomic E-state index is -3.91. The molecule has 0 rings (SSSR count). The van der Waals surface area contributed by atoms with Gasteiger partial charge in [-0.3, -0.25) is 4.55 Å². The number of ether oxygens (including phenoxy) is 1. The van der Waals surface area contributed by atoms with Crippen LogP contribution in [0.5, 0.6) is 0 Å². The Kier molecular flexibility index (Phi) is 9.76. The molecule has 0 saturated heterocycles. The number of hydrogen-bond acceptors (Lipinski definition) is 4. The van der Waals surface area contributed by atoms with E-state index in [1.807, 2.05) is 0 Å². The van der Waals surface area contributed by atoms with Crippen LogP contribution < -0.4 is 0 Å². The van der Waals surface area contributed by atoms with Crippen molar-refractivity contribution in [2.45, 2.75) is 0 Å². The summed E-state index contributed by atoms with van der Waals surface area (Å²) >= 11 is 0.